The molecule has 1 aromatic rings. The Morgan fingerprint density at radius 1 is 1.41 bits per heavy atom. The highest BCUT2D eigenvalue weighted by Gasteiger charge is 2.07. The molecule has 4 heteroatoms. The van der Waals surface area contributed by atoms with Crippen LogP contribution in [0.4, 0.5) is 5.69 Å². The summed E-state index contributed by atoms with van der Waals surface area (Å²) in [5.74, 6) is -0.308. The summed E-state index contributed by atoms with van der Waals surface area (Å²) in [7, 11) is 0. The Balaban J connectivity index is 2.84. The topological polar surface area (TPSA) is 42.4 Å². The van der Waals surface area contributed by atoms with Gasteiger partial charge in [0, 0.05) is 36.4 Å². The van der Waals surface area contributed by atoms with Crippen LogP contribution in [0.1, 0.15) is 20.8 Å². The van der Waals surface area contributed by atoms with Gasteiger partial charge in [-0.05, 0) is 32.9 Å². The number of anilines is 1. The minimum atomic E-state index is -0.308. The zero-order valence-electron chi connectivity index (χ0n) is 10.5. The van der Waals surface area contributed by atoms with Gasteiger partial charge in [-0.25, -0.2) is 4.79 Å². The summed E-state index contributed by atoms with van der Waals surface area (Å²) in [6.45, 7) is 6.89. The van der Waals surface area contributed by atoms with Crippen LogP contribution in [0, 0.1) is 0 Å². The van der Waals surface area contributed by atoms with Crippen LogP contribution >= 0.6 is 0 Å². The first-order valence-electron chi connectivity index (χ1n) is 5.71. The van der Waals surface area contributed by atoms with Crippen molar-refractivity contribution >= 4 is 11.7 Å². The molecule has 0 aliphatic carbocycles. The monoisotopic (exact) mass is 234 g/mol. The smallest absolute Gasteiger partial charge is 0.332 e. The summed E-state index contributed by atoms with van der Waals surface area (Å²) in [4.78, 5) is 17.4. The molecule has 0 N–H and O–H groups in total. The first-order chi connectivity index (χ1) is 8.19. The Morgan fingerprint density at radius 3 is 2.59 bits per heavy atom. The second-order valence-corrected chi connectivity index (χ2v) is 3.49. The van der Waals surface area contributed by atoms with Gasteiger partial charge in [-0.2, -0.15) is 0 Å². The van der Waals surface area contributed by atoms with Gasteiger partial charge in [0.2, 0.25) is 0 Å². The number of carbonyl (C=O) groups is 1. The van der Waals surface area contributed by atoms with Gasteiger partial charge in [-0.15, -0.1) is 0 Å². The van der Waals surface area contributed by atoms with Gasteiger partial charge in [-0.3, -0.25) is 4.98 Å². The molecule has 0 atom stereocenters. The third-order valence-corrected chi connectivity index (χ3v) is 2.33. The van der Waals surface area contributed by atoms with E-state index in [1.807, 2.05) is 30.9 Å². The quantitative estimate of drug-likeness (QED) is 0.579. The highest BCUT2D eigenvalue weighted by Crippen LogP contribution is 2.17. The van der Waals surface area contributed by atoms with E-state index < -0.39 is 0 Å². The summed E-state index contributed by atoms with van der Waals surface area (Å²) < 4.78 is 4.89. The van der Waals surface area contributed by atoms with E-state index in [2.05, 4.69) is 4.98 Å². The van der Waals surface area contributed by atoms with Gasteiger partial charge < -0.3 is 9.64 Å². The Labute approximate surface area is 102 Å². The third-order valence-electron chi connectivity index (χ3n) is 2.33. The lowest BCUT2D eigenvalue weighted by Crippen LogP contribution is -2.21. The number of hydrogen-bond acceptors (Lipinski definition) is 4. The number of nitrogens with zero attached hydrogens (tertiary/aromatic N) is 2. The average molecular weight is 234 g/mol. The predicted molar refractivity (Wildman–Crippen MR) is 67.6 cm³/mol. The Morgan fingerprint density at radius 2 is 2.06 bits per heavy atom. The second-order valence-electron chi connectivity index (χ2n) is 3.49. The van der Waals surface area contributed by atoms with Crippen LogP contribution in [0.2, 0.25) is 0 Å². The largest absolute Gasteiger partial charge is 0.463 e. The Hall–Kier alpha value is -1.84. The van der Waals surface area contributed by atoms with E-state index in [0.29, 0.717) is 6.61 Å². The van der Waals surface area contributed by atoms with Crippen molar-refractivity contribution in [2.75, 3.05) is 18.1 Å². The van der Waals surface area contributed by atoms with E-state index in [1.54, 1.807) is 19.3 Å². The molecule has 0 amide bonds. The Bertz CT molecular complexity index is 388. The maximum Gasteiger partial charge on any atom is 0.332 e. The van der Waals surface area contributed by atoms with Crippen LogP contribution in [0.3, 0.4) is 0 Å². The van der Waals surface area contributed by atoms with Gasteiger partial charge in [0.1, 0.15) is 0 Å². The van der Waals surface area contributed by atoms with Gasteiger partial charge in [-0.1, -0.05) is 0 Å². The Kier molecular flexibility index (Phi) is 5.20. The molecule has 0 aliphatic heterocycles. The molecule has 0 saturated carbocycles. The van der Waals surface area contributed by atoms with E-state index in [1.165, 1.54) is 6.08 Å². The number of ether oxygens (including phenoxy) is 1. The zero-order valence-corrected chi connectivity index (χ0v) is 10.5. The molecule has 0 radical (unpaired) electrons. The molecule has 0 aromatic carbocycles. The third kappa shape index (κ3) is 3.90. The summed E-state index contributed by atoms with van der Waals surface area (Å²) in [5.41, 5.74) is 1.87. The van der Waals surface area contributed by atoms with Crippen LogP contribution in [0.5, 0.6) is 0 Å². The van der Waals surface area contributed by atoms with E-state index in [4.69, 9.17) is 4.74 Å². The number of hydrogen-bond donors (Lipinski definition) is 0. The first kappa shape index (κ1) is 13.2. The number of rotatable bonds is 5. The van der Waals surface area contributed by atoms with Crippen molar-refractivity contribution in [2.45, 2.75) is 20.8 Å². The van der Waals surface area contributed by atoms with Gasteiger partial charge in [0.25, 0.3) is 0 Å². The second kappa shape index (κ2) is 6.68. The molecule has 1 heterocycles. The standard InChI is InChI=1S/C13H18N2O2/c1-4-15(12-6-8-14-9-7-12)11(3)10-13(16)17-5-2/h6-10H,4-5H2,1-3H3/b11-10-. The molecule has 1 aromatic heterocycles. The zero-order chi connectivity index (χ0) is 12.7. The van der Waals surface area contributed by atoms with Gasteiger partial charge >= 0.3 is 5.97 Å². The van der Waals surface area contributed by atoms with E-state index >= 15 is 0 Å². The van der Waals surface area contributed by atoms with E-state index in [-0.39, 0.29) is 5.97 Å². The molecule has 0 spiro atoms. The number of pyridine rings is 1. The molecular formula is C13H18N2O2. The molecule has 4 nitrogen and oxygen atoms in total. The van der Waals surface area contributed by atoms with Crippen molar-refractivity contribution in [2.24, 2.45) is 0 Å². The van der Waals surface area contributed by atoms with E-state index in [9.17, 15) is 4.79 Å². The predicted octanol–water partition coefficient (Wildman–Crippen LogP) is 2.37. The molecule has 0 fully saturated rings. The van der Waals surface area contributed by atoms with Crippen molar-refractivity contribution in [3.63, 3.8) is 0 Å². The summed E-state index contributed by atoms with van der Waals surface area (Å²) in [5, 5.41) is 0. The molecule has 1 rings (SSSR count). The SMILES string of the molecule is CCOC(=O)/C=C(/C)N(CC)c1ccncc1. The van der Waals surface area contributed by atoms with Crippen molar-refractivity contribution in [3.05, 3.63) is 36.3 Å². The van der Waals surface area contributed by atoms with Crippen molar-refractivity contribution < 1.29 is 9.53 Å². The molecular weight excluding hydrogens is 216 g/mol. The molecule has 0 aliphatic rings. The average Bonchev–Trinajstić information content (AvgIpc) is 2.31. The lowest BCUT2D eigenvalue weighted by atomic mass is 10.3. The van der Waals surface area contributed by atoms with Crippen LogP contribution in [0.25, 0.3) is 0 Å². The molecule has 0 bridgehead atoms. The molecule has 0 unspecified atom stereocenters. The number of allylic oxidation sites excluding steroid dienone is 1. The van der Waals surface area contributed by atoms with Crippen LogP contribution in [-0.4, -0.2) is 24.1 Å². The summed E-state index contributed by atoms with van der Waals surface area (Å²) in [6.07, 6.45) is 4.97. The fourth-order valence-corrected chi connectivity index (χ4v) is 1.59. The first-order valence-corrected chi connectivity index (χ1v) is 5.71. The van der Waals surface area contributed by atoms with Crippen molar-refractivity contribution in [1.82, 2.24) is 4.98 Å². The number of esters is 1. The number of aromatic nitrogens is 1. The van der Waals surface area contributed by atoms with Gasteiger partial charge in [0.05, 0.1) is 6.61 Å². The molecule has 92 valence electrons. The minimum absolute atomic E-state index is 0.308. The lowest BCUT2D eigenvalue weighted by molar-refractivity contribution is -0.137. The van der Waals surface area contributed by atoms with Crippen LogP contribution in [-0.2, 0) is 9.53 Å². The van der Waals surface area contributed by atoms with Crippen LogP contribution < -0.4 is 4.90 Å². The maximum atomic E-state index is 11.4. The molecule has 17 heavy (non-hydrogen) atoms. The van der Waals surface area contributed by atoms with E-state index in [0.717, 1.165) is 17.9 Å². The summed E-state index contributed by atoms with van der Waals surface area (Å²) in [6, 6.07) is 3.82. The minimum Gasteiger partial charge on any atom is -0.463 e. The van der Waals surface area contributed by atoms with Crippen molar-refractivity contribution in [1.29, 1.82) is 0 Å². The molecule has 0 saturated heterocycles. The maximum absolute atomic E-state index is 11.4. The fraction of sp³-hybridized carbons (Fsp3) is 0.385. The number of carbonyl (C=O) groups excluding carboxylic acids is 1. The summed E-state index contributed by atoms with van der Waals surface area (Å²) >= 11 is 0. The highest BCUT2D eigenvalue weighted by atomic mass is 16.5. The normalized spacial score (nSPS) is 11.1. The highest BCUT2D eigenvalue weighted by molar-refractivity contribution is 5.83. The fourth-order valence-electron chi connectivity index (χ4n) is 1.59. The lowest BCUT2D eigenvalue weighted by Gasteiger charge is -2.23. The van der Waals surface area contributed by atoms with Crippen molar-refractivity contribution in [3.8, 4) is 0 Å². The van der Waals surface area contributed by atoms with Gasteiger partial charge in [0.15, 0.2) is 0 Å². The van der Waals surface area contributed by atoms with Crippen LogP contribution in [0.15, 0.2) is 36.3 Å².